The number of alkyl halides is 1. The quantitative estimate of drug-likeness (QED) is 0.732. The third kappa shape index (κ3) is 2.36. The van der Waals surface area contributed by atoms with Crippen molar-refractivity contribution in [2.24, 2.45) is 0 Å². The van der Waals surface area contributed by atoms with Gasteiger partial charge in [0.05, 0.1) is 5.92 Å². The molecule has 0 fully saturated rings. The number of phenols is 1. The summed E-state index contributed by atoms with van der Waals surface area (Å²) in [4.78, 5) is 10.7. The first-order valence-electron chi connectivity index (χ1n) is 3.73. The van der Waals surface area contributed by atoms with Crippen LogP contribution in [0.5, 0.6) is 5.75 Å². The van der Waals surface area contributed by atoms with Crippen LogP contribution in [0.1, 0.15) is 11.5 Å². The summed E-state index contributed by atoms with van der Waals surface area (Å²) in [5, 5.41) is 17.9. The minimum Gasteiger partial charge on any atom is -0.508 e. The van der Waals surface area contributed by atoms with E-state index < -0.39 is 11.9 Å². The molecule has 13 heavy (non-hydrogen) atoms. The smallest absolute Gasteiger partial charge is 0.312 e. The van der Waals surface area contributed by atoms with Gasteiger partial charge in [0, 0.05) is 5.88 Å². The van der Waals surface area contributed by atoms with Crippen LogP contribution in [-0.2, 0) is 4.79 Å². The molecule has 0 aliphatic carbocycles. The van der Waals surface area contributed by atoms with Crippen molar-refractivity contribution in [1.82, 2.24) is 0 Å². The van der Waals surface area contributed by atoms with Crippen LogP contribution in [0.3, 0.4) is 0 Å². The van der Waals surface area contributed by atoms with Gasteiger partial charge in [-0.05, 0) is 17.7 Å². The number of halogens is 1. The summed E-state index contributed by atoms with van der Waals surface area (Å²) < 4.78 is 0. The zero-order chi connectivity index (χ0) is 9.84. The topological polar surface area (TPSA) is 57.5 Å². The van der Waals surface area contributed by atoms with Crippen molar-refractivity contribution >= 4 is 17.6 Å². The Bertz CT molecular complexity index is 311. The number of phenolic OH excluding ortho intramolecular Hbond substituents is 1. The Kier molecular flexibility index (Phi) is 3.14. The number of carbonyl (C=O) groups is 1. The molecule has 0 aliphatic rings. The Morgan fingerprint density at radius 1 is 1.54 bits per heavy atom. The van der Waals surface area contributed by atoms with Gasteiger partial charge in [-0.3, -0.25) is 4.79 Å². The van der Waals surface area contributed by atoms with Gasteiger partial charge in [0.1, 0.15) is 5.75 Å². The van der Waals surface area contributed by atoms with E-state index in [1.165, 1.54) is 12.1 Å². The maximum Gasteiger partial charge on any atom is 0.312 e. The van der Waals surface area contributed by atoms with Gasteiger partial charge in [0.25, 0.3) is 0 Å². The lowest BCUT2D eigenvalue weighted by molar-refractivity contribution is -0.138. The predicted octanol–water partition coefficient (Wildman–Crippen LogP) is 1.80. The van der Waals surface area contributed by atoms with Crippen LogP contribution < -0.4 is 0 Å². The fourth-order valence-corrected chi connectivity index (χ4v) is 1.35. The van der Waals surface area contributed by atoms with E-state index in [2.05, 4.69) is 0 Å². The van der Waals surface area contributed by atoms with Crippen LogP contribution in [0.2, 0.25) is 0 Å². The van der Waals surface area contributed by atoms with Crippen molar-refractivity contribution in [3.8, 4) is 5.75 Å². The van der Waals surface area contributed by atoms with E-state index in [-0.39, 0.29) is 11.6 Å². The Hall–Kier alpha value is -1.22. The Balaban J connectivity index is 2.98. The number of benzene rings is 1. The lowest BCUT2D eigenvalue weighted by atomic mass is 10.0. The fourth-order valence-electron chi connectivity index (χ4n) is 1.04. The maximum absolute atomic E-state index is 10.7. The Morgan fingerprint density at radius 2 is 2.23 bits per heavy atom. The largest absolute Gasteiger partial charge is 0.508 e. The standard InChI is InChI=1S/C9H9ClO3/c10-5-8(9(12)13)6-2-1-3-7(11)4-6/h1-4,8,11H,5H2,(H,12,13). The summed E-state index contributed by atoms with van der Waals surface area (Å²) in [6.07, 6.45) is 0. The molecule has 0 spiro atoms. The molecule has 1 aromatic rings. The lowest BCUT2D eigenvalue weighted by Gasteiger charge is -2.08. The average molecular weight is 201 g/mol. The van der Waals surface area contributed by atoms with Crippen LogP contribution in [0.4, 0.5) is 0 Å². The maximum atomic E-state index is 10.7. The molecule has 70 valence electrons. The van der Waals surface area contributed by atoms with Crippen molar-refractivity contribution in [3.05, 3.63) is 29.8 Å². The van der Waals surface area contributed by atoms with Crippen molar-refractivity contribution in [1.29, 1.82) is 0 Å². The Morgan fingerprint density at radius 3 is 2.69 bits per heavy atom. The number of hydrogen-bond donors (Lipinski definition) is 2. The van der Waals surface area contributed by atoms with Crippen molar-refractivity contribution in [2.45, 2.75) is 5.92 Å². The highest BCUT2D eigenvalue weighted by Gasteiger charge is 2.18. The van der Waals surface area contributed by atoms with Gasteiger partial charge in [-0.25, -0.2) is 0 Å². The van der Waals surface area contributed by atoms with Gasteiger partial charge in [-0.15, -0.1) is 11.6 Å². The second-order valence-electron chi connectivity index (χ2n) is 2.64. The highest BCUT2D eigenvalue weighted by atomic mass is 35.5. The summed E-state index contributed by atoms with van der Waals surface area (Å²) in [5.74, 6) is -1.69. The first-order valence-corrected chi connectivity index (χ1v) is 4.26. The van der Waals surface area contributed by atoms with Gasteiger partial charge >= 0.3 is 5.97 Å². The minimum absolute atomic E-state index is 0.00120. The zero-order valence-corrected chi connectivity index (χ0v) is 7.53. The molecule has 1 aromatic carbocycles. The molecule has 0 bridgehead atoms. The minimum atomic E-state index is -0.986. The molecule has 0 aliphatic heterocycles. The van der Waals surface area contributed by atoms with E-state index in [1.807, 2.05) is 0 Å². The number of rotatable bonds is 3. The highest BCUT2D eigenvalue weighted by Crippen LogP contribution is 2.21. The normalized spacial score (nSPS) is 12.4. The van der Waals surface area contributed by atoms with Crippen molar-refractivity contribution in [3.63, 3.8) is 0 Å². The van der Waals surface area contributed by atoms with E-state index in [0.29, 0.717) is 5.56 Å². The zero-order valence-electron chi connectivity index (χ0n) is 6.77. The molecule has 4 heteroatoms. The predicted molar refractivity (Wildman–Crippen MR) is 49.2 cm³/mol. The molecule has 2 N–H and O–H groups in total. The number of carboxylic acid groups (broad SMARTS) is 1. The number of aliphatic carboxylic acids is 1. The van der Waals surface area contributed by atoms with E-state index in [0.717, 1.165) is 0 Å². The van der Waals surface area contributed by atoms with E-state index in [9.17, 15) is 4.79 Å². The molecule has 0 radical (unpaired) electrons. The summed E-state index contributed by atoms with van der Waals surface area (Å²) in [7, 11) is 0. The van der Waals surface area contributed by atoms with Crippen molar-refractivity contribution in [2.75, 3.05) is 5.88 Å². The van der Waals surface area contributed by atoms with Gasteiger partial charge in [0.15, 0.2) is 0 Å². The molecule has 0 saturated heterocycles. The number of carboxylic acids is 1. The van der Waals surface area contributed by atoms with Gasteiger partial charge < -0.3 is 10.2 Å². The van der Waals surface area contributed by atoms with E-state index in [1.54, 1.807) is 12.1 Å². The lowest BCUT2D eigenvalue weighted by Crippen LogP contribution is -2.12. The van der Waals surface area contributed by atoms with Crippen LogP contribution in [0.15, 0.2) is 24.3 Å². The molecule has 1 rings (SSSR count). The molecule has 0 aromatic heterocycles. The highest BCUT2D eigenvalue weighted by molar-refractivity contribution is 6.19. The molecule has 0 amide bonds. The van der Waals surface area contributed by atoms with Crippen LogP contribution >= 0.6 is 11.6 Å². The fraction of sp³-hybridized carbons (Fsp3) is 0.222. The number of aromatic hydroxyl groups is 1. The summed E-state index contributed by atoms with van der Waals surface area (Å²) >= 11 is 5.49. The molecule has 1 unspecified atom stereocenters. The third-order valence-electron chi connectivity index (χ3n) is 1.72. The van der Waals surface area contributed by atoms with E-state index >= 15 is 0 Å². The average Bonchev–Trinajstić information content (AvgIpc) is 2.04. The first-order chi connectivity index (χ1) is 6.15. The van der Waals surface area contributed by atoms with E-state index in [4.69, 9.17) is 21.8 Å². The Labute approximate surface area is 80.6 Å². The SMILES string of the molecule is O=C(O)C(CCl)c1cccc(O)c1. The molecule has 1 atom stereocenters. The summed E-state index contributed by atoms with van der Waals surface area (Å²) in [5.41, 5.74) is 0.516. The summed E-state index contributed by atoms with van der Waals surface area (Å²) in [6, 6.07) is 6.10. The molecule has 3 nitrogen and oxygen atoms in total. The molecular weight excluding hydrogens is 192 g/mol. The van der Waals surface area contributed by atoms with Crippen LogP contribution in [0.25, 0.3) is 0 Å². The van der Waals surface area contributed by atoms with Crippen LogP contribution in [-0.4, -0.2) is 22.1 Å². The molecule has 0 saturated carbocycles. The van der Waals surface area contributed by atoms with Crippen LogP contribution in [0, 0.1) is 0 Å². The second-order valence-corrected chi connectivity index (χ2v) is 2.95. The van der Waals surface area contributed by atoms with Gasteiger partial charge in [-0.2, -0.15) is 0 Å². The third-order valence-corrected chi connectivity index (χ3v) is 2.03. The first kappa shape index (κ1) is 9.86. The van der Waals surface area contributed by atoms with Crippen molar-refractivity contribution < 1.29 is 15.0 Å². The van der Waals surface area contributed by atoms with Gasteiger partial charge in [-0.1, -0.05) is 12.1 Å². The second kappa shape index (κ2) is 4.14. The van der Waals surface area contributed by atoms with Gasteiger partial charge in [0.2, 0.25) is 0 Å². The number of hydrogen-bond acceptors (Lipinski definition) is 2. The molecular formula is C9H9ClO3. The summed E-state index contributed by atoms with van der Waals surface area (Å²) in [6.45, 7) is 0. The monoisotopic (exact) mass is 200 g/mol. The molecule has 0 heterocycles.